The minimum atomic E-state index is -0.320. The average Bonchev–Trinajstić information content (AvgIpc) is 3.19. The molecular weight excluding hydrogens is 456 g/mol. The number of aromatic nitrogens is 3. The first-order valence-corrected chi connectivity index (χ1v) is 12.1. The maximum absolute atomic E-state index is 12.5. The van der Waals surface area contributed by atoms with Gasteiger partial charge in [0.2, 0.25) is 5.91 Å². The van der Waals surface area contributed by atoms with Crippen LogP contribution in [-0.4, -0.2) is 26.4 Å². The number of hydrogen-bond donors (Lipinski definition) is 1. The van der Waals surface area contributed by atoms with Crippen molar-refractivity contribution in [2.75, 3.05) is 11.1 Å². The second-order valence-corrected chi connectivity index (χ2v) is 9.32. The zero-order valence-corrected chi connectivity index (χ0v) is 20.9. The van der Waals surface area contributed by atoms with Crippen LogP contribution in [0.15, 0.2) is 60.3 Å². The summed E-state index contributed by atoms with van der Waals surface area (Å²) in [4.78, 5) is 12.5. The normalized spacial score (nSPS) is 11.9. The summed E-state index contributed by atoms with van der Waals surface area (Å²) >= 11 is 7.45. The van der Waals surface area contributed by atoms with Gasteiger partial charge in [-0.25, -0.2) is 0 Å². The number of nitrogens with zero attached hydrogens (tertiary/aromatic N) is 3. The molecule has 0 aliphatic heterocycles. The molecule has 1 aromatic heterocycles. The second kappa shape index (κ2) is 11.4. The highest BCUT2D eigenvalue weighted by molar-refractivity contribution is 7.99. The van der Waals surface area contributed by atoms with Crippen LogP contribution in [0.3, 0.4) is 0 Å². The molecule has 0 saturated carbocycles. The summed E-state index contributed by atoms with van der Waals surface area (Å²) in [5.41, 5.74) is 2.80. The summed E-state index contributed by atoms with van der Waals surface area (Å²) in [5, 5.41) is 12.8. The van der Waals surface area contributed by atoms with Crippen molar-refractivity contribution in [3.05, 3.63) is 77.1 Å². The van der Waals surface area contributed by atoms with E-state index in [-0.39, 0.29) is 17.8 Å². The fourth-order valence-electron chi connectivity index (χ4n) is 3.26. The molecule has 0 spiro atoms. The summed E-state index contributed by atoms with van der Waals surface area (Å²) in [6.07, 6.45) is 1.45. The van der Waals surface area contributed by atoms with Crippen molar-refractivity contribution in [2.45, 2.75) is 51.4 Å². The Morgan fingerprint density at radius 2 is 1.94 bits per heavy atom. The van der Waals surface area contributed by atoms with Crippen LogP contribution in [0.1, 0.15) is 49.7 Å². The highest BCUT2D eigenvalue weighted by Crippen LogP contribution is 2.27. The minimum Gasteiger partial charge on any atom is -0.483 e. The molecule has 0 aliphatic rings. The number of carbonyl (C=O) groups is 1. The van der Waals surface area contributed by atoms with E-state index in [1.807, 2.05) is 42.7 Å². The van der Waals surface area contributed by atoms with Crippen molar-refractivity contribution < 1.29 is 9.53 Å². The fourth-order valence-corrected chi connectivity index (χ4v) is 4.18. The van der Waals surface area contributed by atoms with Crippen LogP contribution < -0.4 is 10.1 Å². The zero-order chi connectivity index (χ0) is 24.0. The predicted octanol–water partition coefficient (Wildman–Crippen LogP) is 6.42. The van der Waals surface area contributed by atoms with E-state index in [1.165, 1.54) is 17.3 Å². The van der Waals surface area contributed by atoms with Gasteiger partial charge in [-0.3, -0.25) is 9.36 Å². The lowest BCUT2D eigenvalue weighted by Crippen LogP contribution is -2.16. The van der Waals surface area contributed by atoms with Crippen LogP contribution in [-0.2, 0) is 11.3 Å². The van der Waals surface area contributed by atoms with Crippen molar-refractivity contribution in [3.8, 4) is 5.75 Å². The van der Waals surface area contributed by atoms with Crippen LogP contribution in [0.2, 0.25) is 5.02 Å². The number of thioether (sulfide) groups is 1. The second-order valence-electron chi connectivity index (χ2n) is 7.97. The lowest BCUT2D eigenvalue weighted by molar-refractivity contribution is -0.113. The molecule has 3 aromatic rings. The van der Waals surface area contributed by atoms with E-state index in [1.54, 1.807) is 12.1 Å². The third kappa shape index (κ3) is 6.39. The van der Waals surface area contributed by atoms with Crippen LogP contribution in [0.5, 0.6) is 5.75 Å². The van der Waals surface area contributed by atoms with Crippen molar-refractivity contribution in [3.63, 3.8) is 0 Å². The molecule has 33 heavy (non-hydrogen) atoms. The van der Waals surface area contributed by atoms with E-state index >= 15 is 0 Å². The number of amides is 1. The molecule has 3 rings (SSSR count). The van der Waals surface area contributed by atoms with Gasteiger partial charge in [-0.2, -0.15) is 0 Å². The number of rotatable bonds is 10. The number of halogens is 1. The molecule has 0 bridgehead atoms. The first kappa shape index (κ1) is 24.9. The minimum absolute atomic E-state index is 0.144. The van der Waals surface area contributed by atoms with Gasteiger partial charge in [-0.1, -0.05) is 61.5 Å². The summed E-state index contributed by atoms with van der Waals surface area (Å²) in [5.74, 6) is 1.95. The Morgan fingerprint density at radius 1 is 1.21 bits per heavy atom. The lowest BCUT2D eigenvalue weighted by Gasteiger charge is -2.16. The van der Waals surface area contributed by atoms with E-state index in [4.69, 9.17) is 16.3 Å². The molecule has 8 heteroatoms. The Hall–Kier alpha value is -2.77. The first-order chi connectivity index (χ1) is 15.8. The van der Waals surface area contributed by atoms with Crippen molar-refractivity contribution in [1.29, 1.82) is 0 Å². The van der Waals surface area contributed by atoms with Crippen LogP contribution in [0.25, 0.3) is 0 Å². The molecule has 2 aromatic carbocycles. The van der Waals surface area contributed by atoms with Gasteiger partial charge in [-0.15, -0.1) is 16.8 Å². The molecule has 1 atom stereocenters. The van der Waals surface area contributed by atoms with Gasteiger partial charge in [0.15, 0.2) is 17.1 Å². The Balaban J connectivity index is 1.67. The van der Waals surface area contributed by atoms with Gasteiger partial charge >= 0.3 is 0 Å². The topological polar surface area (TPSA) is 69.0 Å². The highest BCUT2D eigenvalue weighted by Gasteiger charge is 2.20. The molecule has 1 amide bonds. The Morgan fingerprint density at radius 3 is 2.61 bits per heavy atom. The smallest absolute Gasteiger partial charge is 0.234 e. The molecule has 0 fully saturated rings. The van der Waals surface area contributed by atoms with Crippen LogP contribution in [0.4, 0.5) is 5.69 Å². The molecule has 0 saturated heterocycles. The van der Waals surface area contributed by atoms with Crippen molar-refractivity contribution in [1.82, 2.24) is 14.8 Å². The van der Waals surface area contributed by atoms with Crippen molar-refractivity contribution in [2.24, 2.45) is 0 Å². The third-order valence-corrected chi connectivity index (χ3v) is 6.53. The first-order valence-electron chi connectivity index (χ1n) is 10.8. The van der Waals surface area contributed by atoms with E-state index in [2.05, 4.69) is 48.1 Å². The fraction of sp³-hybridized carbons (Fsp3) is 0.320. The number of nitrogens with one attached hydrogen (secondary N) is 1. The van der Waals surface area contributed by atoms with Gasteiger partial charge in [0.25, 0.3) is 0 Å². The van der Waals surface area contributed by atoms with Gasteiger partial charge in [0.1, 0.15) is 5.75 Å². The van der Waals surface area contributed by atoms with Gasteiger partial charge < -0.3 is 10.1 Å². The van der Waals surface area contributed by atoms with Crippen LogP contribution in [0, 0.1) is 6.92 Å². The summed E-state index contributed by atoms with van der Waals surface area (Å²) < 4.78 is 8.03. The number of hydrogen-bond acceptors (Lipinski definition) is 5. The van der Waals surface area contributed by atoms with E-state index in [0.717, 1.165) is 11.3 Å². The zero-order valence-electron chi connectivity index (χ0n) is 19.3. The lowest BCUT2D eigenvalue weighted by atomic mass is 10.0. The van der Waals surface area contributed by atoms with E-state index in [9.17, 15) is 4.79 Å². The summed E-state index contributed by atoms with van der Waals surface area (Å²) in [6.45, 7) is 12.5. The Bertz CT molecular complexity index is 1110. The largest absolute Gasteiger partial charge is 0.483 e. The molecular formula is C25H29ClN4O2S. The van der Waals surface area contributed by atoms with Crippen molar-refractivity contribution >= 4 is 35.0 Å². The number of anilines is 1. The van der Waals surface area contributed by atoms with Crippen LogP contribution >= 0.6 is 23.4 Å². The highest BCUT2D eigenvalue weighted by atomic mass is 35.5. The molecule has 174 valence electrons. The number of allylic oxidation sites excluding steroid dienone is 1. The molecule has 0 aliphatic carbocycles. The molecule has 0 radical (unpaired) electrons. The summed E-state index contributed by atoms with van der Waals surface area (Å²) in [6, 6.07) is 13.5. The molecule has 1 N–H and O–H groups in total. The number of ether oxygens (including phenoxy) is 1. The maximum Gasteiger partial charge on any atom is 0.234 e. The van der Waals surface area contributed by atoms with Gasteiger partial charge in [0.05, 0.1) is 5.75 Å². The third-order valence-electron chi connectivity index (χ3n) is 5.15. The Labute approximate surface area is 204 Å². The SMILES string of the molecule is C=CCn1c(SCC(=O)Nc2cccc(Cl)c2C)nnc1C(C)Oc1ccc(C(C)C)cc1. The quantitative estimate of drug-likeness (QED) is 0.265. The molecule has 6 nitrogen and oxygen atoms in total. The number of carbonyl (C=O) groups excluding carboxylic acids is 1. The number of benzene rings is 2. The van der Waals surface area contributed by atoms with Gasteiger partial charge in [-0.05, 0) is 55.2 Å². The maximum atomic E-state index is 12.5. The van der Waals surface area contributed by atoms with E-state index in [0.29, 0.717) is 34.2 Å². The monoisotopic (exact) mass is 484 g/mol. The Kier molecular flexibility index (Phi) is 8.58. The average molecular weight is 485 g/mol. The van der Waals surface area contributed by atoms with E-state index < -0.39 is 0 Å². The van der Waals surface area contributed by atoms with Gasteiger partial charge in [0, 0.05) is 17.3 Å². The summed E-state index contributed by atoms with van der Waals surface area (Å²) in [7, 11) is 0. The standard InChI is InChI=1S/C25H29ClN4O2S/c1-6-14-30-24(18(5)32-20-12-10-19(11-13-20)16(2)3)28-29-25(30)33-15-23(31)27-22-9-7-8-21(26)17(22)4/h6-13,16,18H,1,14-15H2,2-5H3,(H,27,31). The molecule has 1 unspecified atom stereocenters. The predicted molar refractivity (Wildman–Crippen MR) is 135 cm³/mol. The molecule has 1 heterocycles.